The van der Waals surface area contributed by atoms with E-state index in [2.05, 4.69) is 15.5 Å². The maximum Gasteiger partial charge on any atom is 0.337 e. The molecule has 1 heterocycles. The second-order valence-electron chi connectivity index (χ2n) is 4.28. The number of hydrogen-bond donors (Lipinski definition) is 2. The summed E-state index contributed by atoms with van der Waals surface area (Å²) in [6.07, 6.45) is 0.494. The molecule has 7 nitrogen and oxygen atoms in total. The zero-order chi connectivity index (χ0) is 15.4. The second-order valence-corrected chi connectivity index (χ2v) is 4.69. The second kappa shape index (κ2) is 6.36. The lowest BCUT2D eigenvalue weighted by atomic mass is 10.2. The topological polar surface area (TPSA) is 105 Å². The maximum atomic E-state index is 11.8. The fourth-order valence-electron chi connectivity index (χ4n) is 1.65. The first-order chi connectivity index (χ1) is 9.95. The van der Waals surface area contributed by atoms with E-state index in [1.165, 1.54) is 18.2 Å². The number of aryl methyl sites for hydroxylation is 2. The summed E-state index contributed by atoms with van der Waals surface area (Å²) in [7, 11) is 0. The summed E-state index contributed by atoms with van der Waals surface area (Å²) < 4.78 is 4.90. The number of aromatic nitrogens is 2. The predicted octanol–water partition coefficient (Wildman–Crippen LogP) is 2.30. The van der Waals surface area contributed by atoms with Crippen LogP contribution in [0.3, 0.4) is 0 Å². The Morgan fingerprint density at radius 3 is 2.76 bits per heavy atom. The van der Waals surface area contributed by atoms with Gasteiger partial charge in [-0.2, -0.15) is 4.98 Å². The first kappa shape index (κ1) is 15.0. The number of hydrogen-bond acceptors (Lipinski definition) is 5. The molecule has 0 atom stereocenters. The van der Waals surface area contributed by atoms with Gasteiger partial charge in [-0.05, 0) is 25.1 Å². The first-order valence-electron chi connectivity index (χ1n) is 6.07. The third kappa shape index (κ3) is 4.03. The Morgan fingerprint density at radius 1 is 1.43 bits per heavy atom. The van der Waals surface area contributed by atoms with Gasteiger partial charge in [-0.3, -0.25) is 4.79 Å². The van der Waals surface area contributed by atoms with Crippen LogP contribution in [0.4, 0.5) is 5.69 Å². The molecular weight excluding hydrogens is 298 g/mol. The number of amides is 1. The van der Waals surface area contributed by atoms with Crippen LogP contribution in [0.1, 0.15) is 28.5 Å². The molecule has 0 aliphatic rings. The summed E-state index contributed by atoms with van der Waals surface area (Å²) in [5.74, 6) is -0.474. The van der Waals surface area contributed by atoms with Crippen molar-refractivity contribution in [3.63, 3.8) is 0 Å². The number of halogens is 1. The van der Waals surface area contributed by atoms with Gasteiger partial charge in [0.05, 0.1) is 10.6 Å². The highest BCUT2D eigenvalue weighted by molar-refractivity contribution is 6.33. The van der Waals surface area contributed by atoms with E-state index in [9.17, 15) is 9.59 Å². The van der Waals surface area contributed by atoms with Gasteiger partial charge in [0.2, 0.25) is 11.8 Å². The minimum Gasteiger partial charge on any atom is -0.478 e. The van der Waals surface area contributed by atoms with Crippen molar-refractivity contribution in [1.29, 1.82) is 0 Å². The molecule has 21 heavy (non-hydrogen) atoms. The Morgan fingerprint density at radius 2 is 2.19 bits per heavy atom. The van der Waals surface area contributed by atoms with Crippen molar-refractivity contribution in [2.75, 3.05) is 5.32 Å². The molecule has 0 unspecified atom stereocenters. The van der Waals surface area contributed by atoms with Crippen molar-refractivity contribution < 1.29 is 19.2 Å². The molecule has 0 aliphatic carbocycles. The van der Waals surface area contributed by atoms with Gasteiger partial charge in [0, 0.05) is 18.5 Å². The van der Waals surface area contributed by atoms with E-state index in [-0.39, 0.29) is 22.9 Å². The molecule has 0 spiro atoms. The lowest BCUT2D eigenvalue weighted by molar-refractivity contribution is -0.116. The Kier molecular flexibility index (Phi) is 4.54. The van der Waals surface area contributed by atoms with E-state index >= 15 is 0 Å². The van der Waals surface area contributed by atoms with E-state index in [1.54, 1.807) is 6.92 Å². The fourth-order valence-corrected chi connectivity index (χ4v) is 1.91. The molecule has 0 saturated heterocycles. The number of nitrogens with one attached hydrogen (secondary N) is 1. The van der Waals surface area contributed by atoms with E-state index in [0.717, 1.165) is 0 Å². The van der Waals surface area contributed by atoms with E-state index < -0.39 is 5.97 Å². The number of carboxylic acid groups (broad SMARTS) is 1. The van der Waals surface area contributed by atoms with Gasteiger partial charge in [-0.15, -0.1) is 0 Å². The van der Waals surface area contributed by atoms with E-state index in [1.807, 2.05) is 0 Å². The van der Waals surface area contributed by atoms with Crippen molar-refractivity contribution in [3.05, 3.63) is 40.5 Å². The van der Waals surface area contributed by atoms with Crippen LogP contribution in [0.15, 0.2) is 22.7 Å². The summed E-state index contributed by atoms with van der Waals surface area (Å²) in [5, 5.41) is 15.2. The Balaban J connectivity index is 1.93. The van der Waals surface area contributed by atoms with E-state index in [0.29, 0.717) is 23.8 Å². The first-order valence-corrected chi connectivity index (χ1v) is 6.45. The Labute approximate surface area is 124 Å². The highest BCUT2D eigenvalue weighted by atomic mass is 35.5. The van der Waals surface area contributed by atoms with Gasteiger partial charge in [0.1, 0.15) is 0 Å². The van der Waals surface area contributed by atoms with Crippen LogP contribution in [0.5, 0.6) is 0 Å². The van der Waals surface area contributed by atoms with Crippen LogP contribution in [0.25, 0.3) is 0 Å². The molecule has 2 N–H and O–H groups in total. The zero-order valence-electron chi connectivity index (χ0n) is 11.1. The molecule has 1 aromatic carbocycles. The van der Waals surface area contributed by atoms with Gasteiger partial charge in [0.25, 0.3) is 0 Å². The van der Waals surface area contributed by atoms with Crippen LogP contribution in [0.2, 0.25) is 5.02 Å². The number of carboxylic acids is 1. The van der Waals surface area contributed by atoms with Crippen LogP contribution < -0.4 is 5.32 Å². The predicted molar refractivity (Wildman–Crippen MR) is 74.4 cm³/mol. The molecule has 0 bridgehead atoms. The van der Waals surface area contributed by atoms with Gasteiger partial charge in [-0.1, -0.05) is 16.8 Å². The maximum absolute atomic E-state index is 11.8. The number of anilines is 1. The SMILES string of the molecule is Cc1noc(CCC(=O)Nc2ccc(C(=O)O)c(Cl)c2)n1. The van der Waals surface area contributed by atoms with Gasteiger partial charge >= 0.3 is 5.97 Å². The summed E-state index contributed by atoms with van der Waals surface area (Å²) in [5.41, 5.74) is 0.410. The lowest BCUT2D eigenvalue weighted by Crippen LogP contribution is -2.12. The molecule has 0 aliphatic heterocycles. The molecule has 0 fully saturated rings. The highest BCUT2D eigenvalue weighted by Gasteiger charge is 2.11. The number of nitrogens with zero attached hydrogens (tertiary/aromatic N) is 2. The Hall–Kier alpha value is -2.41. The van der Waals surface area contributed by atoms with Crippen molar-refractivity contribution in [3.8, 4) is 0 Å². The monoisotopic (exact) mass is 309 g/mol. The van der Waals surface area contributed by atoms with Crippen molar-refractivity contribution in [1.82, 2.24) is 10.1 Å². The minimum absolute atomic E-state index is 0.0176. The summed E-state index contributed by atoms with van der Waals surface area (Å²) >= 11 is 5.82. The number of carbonyl (C=O) groups is 2. The number of aromatic carboxylic acids is 1. The summed E-state index contributed by atoms with van der Waals surface area (Å²) in [4.78, 5) is 26.6. The van der Waals surface area contributed by atoms with Crippen LogP contribution in [-0.4, -0.2) is 27.1 Å². The van der Waals surface area contributed by atoms with Gasteiger partial charge < -0.3 is 14.9 Å². The van der Waals surface area contributed by atoms with Crippen molar-refractivity contribution >= 4 is 29.2 Å². The molecule has 0 radical (unpaired) electrons. The third-order valence-electron chi connectivity index (χ3n) is 2.62. The third-order valence-corrected chi connectivity index (χ3v) is 2.93. The average molecular weight is 310 g/mol. The lowest BCUT2D eigenvalue weighted by Gasteiger charge is -2.06. The largest absolute Gasteiger partial charge is 0.478 e. The standard InChI is InChI=1S/C13H12ClN3O4/c1-7-15-12(21-17-7)5-4-11(18)16-8-2-3-9(13(19)20)10(14)6-8/h2-3,6H,4-5H2,1H3,(H,16,18)(H,19,20). The molecule has 1 aromatic heterocycles. The molecular formula is C13H12ClN3O4. The zero-order valence-corrected chi connectivity index (χ0v) is 11.8. The molecule has 8 heteroatoms. The van der Waals surface area contributed by atoms with Crippen molar-refractivity contribution in [2.45, 2.75) is 19.8 Å². The summed E-state index contributed by atoms with van der Waals surface area (Å²) in [6, 6.07) is 4.20. The number of carbonyl (C=O) groups excluding carboxylic acids is 1. The molecule has 0 saturated carbocycles. The number of rotatable bonds is 5. The van der Waals surface area contributed by atoms with Crippen LogP contribution >= 0.6 is 11.6 Å². The Bertz CT molecular complexity index is 684. The molecule has 2 aromatic rings. The van der Waals surface area contributed by atoms with Crippen LogP contribution in [-0.2, 0) is 11.2 Å². The molecule has 110 valence electrons. The van der Waals surface area contributed by atoms with Gasteiger partial charge in [-0.25, -0.2) is 4.79 Å². The summed E-state index contributed by atoms with van der Waals surface area (Å²) in [6.45, 7) is 1.69. The number of benzene rings is 1. The van der Waals surface area contributed by atoms with E-state index in [4.69, 9.17) is 21.2 Å². The molecule has 1 amide bonds. The van der Waals surface area contributed by atoms with Gasteiger partial charge in [0.15, 0.2) is 5.82 Å². The van der Waals surface area contributed by atoms with Crippen molar-refractivity contribution in [2.24, 2.45) is 0 Å². The normalized spacial score (nSPS) is 10.4. The average Bonchev–Trinajstić information content (AvgIpc) is 2.82. The highest BCUT2D eigenvalue weighted by Crippen LogP contribution is 2.21. The van der Waals surface area contributed by atoms with Crippen LogP contribution in [0, 0.1) is 6.92 Å². The minimum atomic E-state index is -1.12. The fraction of sp³-hybridized carbons (Fsp3) is 0.231. The smallest absolute Gasteiger partial charge is 0.337 e. The quantitative estimate of drug-likeness (QED) is 0.878. The molecule has 2 rings (SSSR count).